The topological polar surface area (TPSA) is 138 Å². The quantitative estimate of drug-likeness (QED) is 0.343. The van der Waals surface area contributed by atoms with Gasteiger partial charge in [0.25, 0.3) is 11.4 Å². The van der Waals surface area contributed by atoms with Crippen molar-refractivity contribution in [3.05, 3.63) is 66.3 Å². The summed E-state index contributed by atoms with van der Waals surface area (Å²) < 4.78 is 0.809. The highest BCUT2D eigenvalue weighted by Crippen LogP contribution is 2.22. The SMILES string of the molecule is Nc1ccc(I)cc1[N+](=O)[O-].Nc1ccccc1[N+](=O)[O-]. The Kier molecular flexibility index (Phi) is 5.84. The largest absolute Gasteiger partial charge is 0.393 e. The van der Waals surface area contributed by atoms with Crippen LogP contribution in [0.4, 0.5) is 22.7 Å². The summed E-state index contributed by atoms with van der Waals surface area (Å²) in [5.41, 5.74) is 11.0. The molecule has 2 aromatic rings. The number of hydrogen-bond donors (Lipinski definition) is 2. The average molecular weight is 402 g/mol. The van der Waals surface area contributed by atoms with Crippen LogP contribution >= 0.6 is 22.6 Å². The lowest BCUT2D eigenvalue weighted by atomic mass is 10.3. The third kappa shape index (κ3) is 4.87. The highest BCUT2D eigenvalue weighted by molar-refractivity contribution is 14.1. The van der Waals surface area contributed by atoms with Crippen LogP contribution in [0.2, 0.25) is 0 Å². The van der Waals surface area contributed by atoms with E-state index in [-0.39, 0.29) is 22.7 Å². The van der Waals surface area contributed by atoms with Gasteiger partial charge < -0.3 is 11.5 Å². The molecule has 110 valence electrons. The van der Waals surface area contributed by atoms with Crippen molar-refractivity contribution in [1.82, 2.24) is 0 Å². The highest BCUT2D eigenvalue weighted by Gasteiger charge is 2.10. The molecule has 0 amide bonds. The van der Waals surface area contributed by atoms with Crippen LogP contribution in [0.3, 0.4) is 0 Å². The molecule has 9 heteroatoms. The van der Waals surface area contributed by atoms with Crippen molar-refractivity contribution in [2.45, 2.75) is 0 Å². The van der Waals surface area contributed by atoms with E-state index >= 15 is 0 Å². The zero-order chi connectivity index (χ0) is 16.0. The van der Waals surface area contributed by atoms with Crippen LogP contribution < -0.4 is 11.5 Å². The van der Waals surface area contributed by atoms with Crippen molar-refractivity contribution in [3.8, 4) is 0 Å². The maximum Gasteiger partial charge on any atom is 0.293 e. The summed E-state index contributed by atoms with van der Waals surface area (Å²) in [5, 5.41) is 20.4. The van der Waals surface area contributed by atoms with Gasteiger partial charge in [-0.3, -0.25) is 20.2 Å². The Labute approximate surface area is 133 Å². The minimum atomic E-state index is -0.505. The predicted molar refractivity (Wildman–Crippen MR) is 87.7 cm³/mol. The zero-order valence-corrected chi connectivity index (χ0v) is 12.8. The molecule has 0 aromatic heterocycles. The third-order valence-corrected chi connectivity index (χ3v) is 2.99. The molecule has 0 aliphatic rings. The van der Waals surface area contributed by atoms with Crippen molar-refractivity contribution in [3.63, 3.8) is 0 Å². The normalized spacial score (nSPS) is 9.38. The standard InChI is InChI=1S/C6H5IN2O2.C6H6N2O2/c7-4-1-2-5(8)6(3-4)9(10)11;7-5-3-1-2-4-6(5)8(9)10/h1-3H,8H2;1-4H,7H2. The molecule has 0 spiro atoms. The first kappa shape index (κ1) is 16.6. The highest BCUT2D eigenvalue weighted by atomic mass is 127. The van der Waals surface area contributed by atoms with Crippen LogP contribution in [-0.2, 0) is 0 Å². The summed E-state index contributed by atoms with van der Waals surface area (Å²) in [5.74, 6) is 0. The van der Waals surface area contributed by atoms with Crippen molar-refractivity contribution in [2.24, 2.45) is 0 Å². The smallest absolute Gasteiger partial charge is 0.293 e. The monoisotopic (exact) mass is 402 g/mol. The zero-order valence-electron chi connectivity index (χ0n) is 10.6. The number of benzene rings is 2. The maximum atomic E-state index is 10.3. The number of hydrogen-bond acceptors (Lipinski definition) is 6. The predicted octanol–water partition coefficient (Wildman–Crippen LogP) is 2.96. The van der Waals surface area contributed by atoms with Gasteiger partial charge in [0.1, 0.15) is 11.4 Å². The summed E-state index contributed by atoms with van der Waals surface area (Å²) in [6.07, 6.45) is 0. The Morgan fingerprint density at radius 2 is 1.38 bits per heavy atom. The van der Waals surface area contributed by atoms with Gasteiger partial charge in [-0.2, -0.15) is 0 Å². The number of nitrogens with zero attached hydrogens (tertiary/aromatic N) is 2. The molecule has 0 heterocycles. The molecule has 0 unspecified atom stereocenters. The third-order valence-electron chi connectivity index (χ3n) is 2.32. The van der Waals surface area contributed by atoms with E-state index < -0.39 is 9.85 Å². The lowest BCUT2D eigenvalue weighted by Crippen LogP contribution is -1.95. The van der Waals surface area contributed by atoms with Crippen molar-refractivity contribution >= 4 is 45.3 Å². The second kappa shape index (κ2) is 7.38. The van der Waals surface area contributed by atoms with Crippen molar-refractivity contribution < 1.29 is 9.85 Å². The second-order valence-corrected chi connectivity index (χ2v) is 5.02. The number of nitro benzene ring substituents is 2. The molecule has 4 N–H and O–H groups in total. The first-order valence-electron chi connectivity index (χ1n) is 5.51. The van der Waals surface area contributed by atoms with E-state index in [0.717, 1.165) is 3.57 Å². The van der Waals surface area contributed by atoms with Crippen molar-refractivity contribution in [1.29, 1.82) is 0 Å². The number of nitrogens with two attached hydrogens (primary N) is 2. The maximum absolute atomic E-state index is 10.3. The van der Waals surface area contributed by atoms with Gasteiger partial charge >= 0.3 is 0 Å². The summed E-state index contributed by atoms with van der Waals surface area (Å²) in [7, 11) is 0. The molecule has 0 bridgehead atoms. The van der Waals surface area contributed by atoms with Gasteiger partial charge in [0.05, 0.1) is 9.85 Å². The molecule has 0 fully saturated rings. The van der Waals surface area contributed by atoms with Gasteiger partial charge in [-0.1, -0.05) is 12.1 Å². The van der Waals surface area contributed by atoms with Gasteiger partial charge in [-0.05, 0) is 40.8 Å². The number of para-hydroxylation sites is 2. The summed E-state index contributed by atoms with van der Waals surface area (Å²) in [6.45, 7) is 0. The van der Waals surface area contributed by atoms with Crippen LogP contribution in [0.1, 0.15) is 0 Å². The fourth-order valence-electron chi connectivity index (χ4n) is 1.33. The van der Waals surface area contributed by atoms with E-state index in [1.807, 2.05) is 22.6 Å². The van der Waals surface area contributed by atoms with Crippen LogP contribution in [0, 0.1) is 23.8 Å². The Hall–Kier alpha value is -2.43. The summed E-state index contributed by atoms with van der Waals surface area (Å²) >= 11 is 2.00. The number of rotatable bonds is 2. The lowest BCUT2D eigenvalue weighted by molar-refractivity contribution is -0.384. The van der Waals surface area contributed by atoms with E-state index in [1.165, 1.54) is 24.3 Å². The van der Waals surface area contributed by atoms with Gasteiger partial charge in [0.2, 0.25) is 0 Å². The Bertz CT molecular complexity index is 678. The summed E-state index contributed by atoms with van der Waals surface area (Å²) in [4.78, 5) is 19.5. The number of halogens is 1. The molecule has 0 aliphatic carbocycles. The summed E-state index contributed by atoms with van der Waals surface area (Å²) in [6, 6.07) is 10.8. The minimum absolute atomic E-state index is 0.0306. The van der Waals surface area contributed by atoms with Crippen LogP contribution in [0.25, 0.3) is 0 Å². The number of anilines is 2. The van der Waals surface area contributed by atoms with E-state index in [1.54, 1.807) is 18.2 Å². The Morgan fingerprint density at radius 1 is 0.857 bits per heavy atom. The first-order chi connectivity index (χ1) is 9.82. The van der Waals surface area contributed by atoms with Gasteiger partial charge in [-0.25, -0.2) is 0 Å². The minimum Gasteiger partial charge on any atom is -0.393 e. The molecular formula is C12H11IN4O4. The molecular weight excluding hydrogens is 391 g/mol. The van der Waals surface area contributed by atoms with Crippen molar-refractivity contribution in [2.75, 3.05) is 11.5 Å². The van der Waals surface area contributed by atoms with Crippen LogP contribution in [-0.4, -0.2) is 9.85 Å². The molecule has 2 rings (SSSR count). The van der Waals surface area contributed by atoms with E-state index in [2.05, 4.69) is 0 Å². The molecule has 0 aliphatic heterocycles. The molecule has 0 saturated carbocycles. The van der Waals surface area contributed by atoms with E-state index in [0.29, 0.717) is 0 Å². The fourth-order valence-corrected chi connectivity index (χ4v) is 1.80. The average Bonchev–Trinajstić information content (AvgIpc) is 2.42. The number of nitrogen functional groups attached to an aromatic ring is 2. The Balaban J connectivity index is 0.000000211. The lowest BCUT2D eigenvalue weighted by Gasteiger charge is -1.95. The van der Waals surface area contributed by atoms with Gasteiger partial charge in [0, 0.05) is 15.7 Å². The molecule has 0 radical (unpaired) electrons. The first-order valence-corrected chi connectivity index (χ1v) is 6.59. The molecule has 21 heavy (non-hydrogen) atoms. The second-order valence-electron chi connectivity index (χ2n) is 3.78. The number of nitro groups is 2. The fraction of sp³-hybridized carbons (Fsp3) is 0. The van der Waals surface area contributed by atoms with Crippen LogP contribution in [0.5, 0.6) is 0 Å². The molecule has 0 atom stereocenters. The van der Waals surface area contributed by atoms with Gasteiger partial charge in [0.15, 0.2) is 0 Å². The van der Waals surface area contributed by atoms with Gasteiger partial charge in [-0.15, -0.1) is 0 Å². The van der Waals surface area contributed by atoms with E-state index in [4.69, 9.17) is 11.5 Å². The molecule has 8 nitrogen and oxygen atoms in total. The van der Waals surface area contributed by atoms with E-state index in [9.17, 15) is 20.2 Å². The Morgan fingerprint density at radius 3 is 1.81 bits per heavy atom. The molecule has 0 saturated heterocycles. The van der Waals surface area contributed by atoms with Crippen LogP contribution in [0.15, 0.2) is 42.5 Å². The molecule has 2 aromatic carbocycles.